The van der Waals surface area contributed by atoms with Gasteiger partial charge in [0.2, 0.25) is 4.70 Å². The standard InChI is InChI=1S/C11H19BrO4/c1-10(2,3)11(12,15-6-8-4-13-8)16-7-9-5-14-9/h8-9H,4-7H2,1-3H3. The second-order valence-electron chi connectivity index (χ2n) is 5.32. The first kappa shape index (κ1) is 12.8. The zero-order valence-corrected chi connectivity index (χ0v) is 11.6. The van der Waals surface area contributed by atoms with Crippen molar-refractivity contribution in [2.45, 2.75) is 37.7 Å². The predicted octanol–water partition coefficient (Wildman–Crippen LogP) is 1.91. The van der Waals surface area contributed by atoms with E-state index in [9.17, 15) is 0 Å². The van der Waals surface area contributed by atoms with E-state index in [0.717, 1.165) is 13.2 Å². The number of rotatable bonds is 6. The summed E-state index contributed by atoms with van der Waals surface area (Å²) >= 11 is 3.56. The number of hydrogen-bond donors (Lipinski definition) is 0. The molecule has 2 atom stereocenters. The Morgan fingerprint density at radius 1 is 1.06 bits per heavy atom. The molecule has 2 rings (SSSR count). The average molecular weight is 295 g/mol. The fraction of sp³-hybridized carbons (Fsp3) is 1.00. The largest absolute Gasteiger partial charge is 0.371 e. The van der Waals surface area contributed by atoms with Crippen molar-refractivity contribution in [3.8, 4) is 0 Å². The van der Waals surface area contributed by atoms with E-state index in [2.05, 4.69) is 36.7 Å². The minimum absolute atomic E-state index is 0.156. The van der Waals surface area contributed by atoms with E-state index in [1.807, 2.05) is 0 Å². The summed E-state index contributed by atoms with van der Waals surface area (Å²) in [4.78, 5) is 0. The van der Waals surface area contributed by atoms with Gasteiger partial charge in [0.1, 0.15) is 12.2 Å². The lowest BCUT2D eigenvalue weighted by atomic mass is 9.95. The van der Waals surface area contributed by atoms with Crippen molar-refractivity contribution in [3.63, 3.8) is 0 Å². The van der Waals surface area contributed by atoms with Crippen LogP contribution in [0, 0.1) is 5.41 Å². The summed E-state index contributed by atoms with van der Waals surface area (Å²) in [6.07, 6.45) is 0.472. The maximum atomic E-state index is 5.81. The molecule has 2 unspecified atom stereocenters. The van der Waals surface area contributed by atoms with Crippen LogP contribution in [0.25, 0.3) is 0 Å². The molecule has 2 fully saturated rings. The average Bonchev–Trinajstić information content (AvgIpc) is 3.01. The monoisotopic (exact) mass is 294 g/mol. The molecule has 0 aromatic heterocycles. The van der Waals surface area contributed by atoms with Crippen molar-refractivity contribution in [1.82, 2.24) is 0 Å². The molecule has 0 saturated carbocycles. The van der Waals surface area contributed by atoms with Crippen LogP contribution in [0.1, 0.15) is 20.8 Å². The third kappa shape index (κ3) is 3.40. The van der Waals surface area contributed by atoms with Crippen molar-refractivity contribution in [2.24, 2.45) is 5.41 Å². The van der Waals surface area contributed by atoms with Crippen molar-refractivity contribution in [2.75, 3.05) is 26.4 Å². The molecule has 0 spiro atoms. The first-order valence-electron chi connectivity index (χ1n) is 5.61. The number of alkyl halides is 1. The molecular weight excluding hydrogens is 276 g/mol. The van der Waals surface area contributed by atoms with E-state index in [1.165, 1.54) is 0 Å². The van der Waals surface area contributed by atoms with Gasteiger partial charge in [0.05, 0.1) is 26.4 Å². The number of ether oxygens (including phenoxy) is 4. The Balaban J connectivity index is 1.86. The van der Waals surface area contributed by atoms with Crippen LogP contribution in [0.4, 0.5) is 0 Å². The highest BCUT2D eigenvalue weighted by Gasteiger charge is 2.45. The second-order valence-corrected chi connectivity index (χ2v) is 6.36. The Bertz CT molecular complexity index is 227. The smallest absolute Gasteiger partial charge is 0.231 e. The van der Waals surface area contributed by atoms with Crippen molar-refractivity contribution in [1.29, 1.82) is 0 Å². The van der Waals surface area contributed by atoms with Gasteiger partial charge >= 0.3 is 0 Å². The highest BCUT2D eigenvalue weighted by Crippen LogP contribution is 2.41. The van der Waals surface area contributed by atoms with E-state index >= 15 is 0 Å². The molecule has 0 N–H and O–H groups in total. The Morgan fingerprint density at radius 2 is 1.44 bits per heavy atom. The molecular formula is C11H19BrO4. The second kappa shape index (κ2) is 4.53. The summed E-state index contributed by atoms with van der Waals surface area (Å²) in [6.45, 7) is 8.93. The summed E-state index contributed by atoms with van der Waals surface area (Å²) in [6, 6.07) is 0. The molecule has 2 aliphatic rings. The molecule has 2 aliphatic heterocycles. The summed E-state index contributed by atoms with van der Waals surface area (Å²) in [7, 11) is 0. The van der Waals surface area contributed by atoms with Crippen molar-refractivity contribution >= 4 is 15.9 Å². The first-order chi connectivity index (χ1) is 7.41. The van der Waals surface area contributed by atoms with Crippen LogP contribution in [-0.4, -0.2) is 43.3 Å². The minimum atomic E-state index is -0.766. The number of hydrogen-bond acceptors (Lipinski definition) is 4. The van der Waals surface area contributed by atoms with Gasteiger partial charge in [-0.15, -0.1) is 0 Å². The number of halogens is 1. The lowest BCUT2D eigenvalue weighted by Crippen LogP contribution is -2.44. The maximum Gasteiger partial charge on any atom is 0.231 e. The van der Waals surface area contributed by atoms with Gasteiger partial charge in [0, 0.05) is 5.41 Å². The van der Waals surface area contributed by atoms with E-state index in [0.29, 0.717) is 13.2 Å². The Kier molecular flexibility index (Phi) is 3.62. The molecule has 16 heavy (non-hydrogen) atoms. The van der Waals surface area contributed by atoms with E-state index in [-0.39, 0.29) is 17.6 Å². The molecule has 0 aliphatic carbocycles. The van der Waals surface area contributed by atoms with Crippen molar-refractivity contribution < 1.29 is 18.9 Å². The fourth-order valence-corrected chi connectivity index (χ4v) is 1.47. The molecule has 5 heteroatoms. The van der Waals surface area contributed by atoms with Gasteiger partial charge < -0.3 is 18.9 Å². The zero-order valence-electron chi connectivity index (χ0n) is 9.99. The maximum absolute atomic E-state index is 5.81. The Morgan fingerprint density at radius 3 is 1.69 bits per heavy atom. The molecule has 2 heterocycles. The Labute approximate surface area is 105 Å². The van der Waals surface area contributed by atoms with Crippen LogP contribution in [0.2, 0.25) is 0 Å². The summed E-state index contributed by atoms with van der Waals surface area (Å²) < 4.78 is 21.1. The highest BCUT2D eigenvalue weighted by atomic mass is 79.9. The molecule has 0 aromatic rings. The molecule has 0 radical (unpaired) electrons. The van der Waals surface area contributed by atoms with Gasteiger partial charge in [-0.05, 0) is 15.9 Å². The minimum Gasteiger partial charge on any atom is -0.371 e. The van der Waals surface area contributed by atoms with Crippen LogP contribution >= 0.6 is 15.9 Å². The normalized spacial score (nSPS) is 32.2. The quantitative estimate of drug-likeness (QED) is 0.426. The van der Waals surface area contributed by atoms with Crippen LogP contribution < -0.4 is 0 Å². The van der Waals surface area contributed by atoms with Gasteiger partial charge in [0.25, 0.3) is 0 Å². The summed E-state index contributed by atoms with van der Waals surface area (Å²) in [5, 5.41) is 0. The van der Waals surface area contributed by atoms with Crippen LogP contribution in [0.5, 0.6) is 0 Å². The first-order valence-corrected chi connectivity index (χ1v) is 6.40. The lowest BCUT2D eigenvalue weighted by molar-refractivity contribution is -0.221. The topological polar surface area (TPSA) is 43.5 Å². The van der Waals surface area contributed by atoms with Gasteiger partial charge in [-0.25, -0.2) is 0 Å². The molecule has 2 saturated heterocycles. The zero-order chi connectivity index (χ0) is 11.8. The van der Waals surface area contributed by atoms with Crippen LogP contribution in [0.15, 0.2) is 0 Å². The number of epoxide rings is 2. The van der Waals surface area contributed by atoms with Crippen molar-refractivity contribution in [3.05, 3.63) is 0 Å². The van der Waals surface area contributed by atoms with E-state index in [4.69, 9.17) is 18.9 Å². The third-order valence-corrected chi connectivity index (χ3v) is 4.26. The summed E-state index contributed by atoms with van der Waals surface area (Å²) in [5.41, 5.74) is -0.156. The molecule has 0 amide bonds. The molecule has 0 aromatic carbocycles. The van der Waals surface area contributed by atoms with Gasteiger partial charge in [-0.3, -0.25) is 0 Å². The third-order valence-electron chi connectivity index (χ3n) is 2.61. The lowest BCUT2D eigenvalue weighted by Gasteiger charge is -2.38. The molecule has 4 nitrogen and oxygen atoms in total. The summed E-state index contributed by atoms with van der Waals surface area (Å²) in [5.74, 6) is 0. The van der Waals surface area contributed by atoms with E-state index in [1.54, 1.807) is 0 Å². The van der Waals surface area contributed by atoms with Crippen LogP contribution in [0.3, 0.4) is 0 Å². The highest BCUT2D eigenvalue weighted by molar-refractivity contribution is 9.10. The fourth-order valence-electron chi connectivity index (χ4n) is 1.20. The van der Waals surface area contributed by atoms with Gasteiger partial charge in [-0.1, -0.05) is 20.8 Å². The Hall–Kier alpha value is 0.320. The SMILES string of the molecule is CC(C)(C)C(Br)(OCC1CO1)OCC1CO1. The molecule has 94 valence electrons. The predicted molar refractivity (Wildman–Crippen MR) is 62.5 cm³/mol. The van der Waals surface area contributed by atoms with E-state index < -0.39 is 4.70 Å². The van der Waals surface area contributed by atoms with Gasteiger partial charge in [-0.2, -0.15) is 0 Å². The molecule has 0 bridgehead atoms. The van der Waals surface area contributed by atoms with Gasteiger partial charge in [0.15, 0.2) is 0 Å². The van der Waals surface area contributed by atoms with Crippen LogP contribution in [-0.2, 0) is 18.9 Å².